The SMILES string of the molecule is O=C(NCC1Oc2ccccc2NC1=O)c1ccco1. The zero-order chi connectivity index (χ0) is 13.9. The van der Waals surface area contributed by atoms with Crippen molar-refractivity contribution in [3.05, 3.63) is 48.4 Å². The Morgan fingerprint density at radius 1 is 1.25 bits per heavy atom. The van der Waals surface area contributed by atoms with E-state index in [1.807, 2.05) is 12.1 Å². The van der Waals surface area contributed by atoms with Crippen LogP contribution in [-0.2, 0) is 4.79 Å². The predicted molar refractivity (Wildman–Crippen MR) is 70.5 cm³/mol. The number of carbonyl (C=O) groups excluding carboxylic acids is 2. The summed E-state index contributed by atoms with van der Waals surface area (Å²) in [6.07, 6.45) is 0.651. The van der Waals surface area contributed by atoms with Gasteiger partial charge in [-0.2, -0.15) is 0 Å². The second-order valence-electron chi connectivity index (χ2n) is 4.28. The average Bonchev–Trinajstić information content (AvgIpc) is 2.99. The summed E-state index contributed by atoms with van der Waals surface area (Å²) in [5.41, 5.74) is 0.631. The number of anilines is 1. The van der Waals surface area contributed by atoms with Crippen molar-refractivity contribution in [3.63, 3.8) is 0 Å². The van der Waals surface area contributed by atoms with Crippen molar-refractivity contribution in [2.75, 3.05) is 11.9 Å². The van der Waals surface area contributed by atoms with Crippen molar-refractivity contribution in [3.8, 4) is 5.75 Å². The molecule has 1 aliphatic heterocycles. The molecule has 1 aliphatic rings. The molecule has 0 saturated carbocycles. The van der Waals surface area contributed by atoms with E-state index in [0.717, 1.165) is 0 Å². The van der Waals surface area contributed by atoms with E-state index in [4.69, 9.17) is 9.15 Å². The minimum Gasteiger partial charge on any atom is -0.477 e. The standard InChI is InChI=1S/C14H12N2O4/c17-13(11-6-3-7-19-11)15-8-12-14(18)16-9-4-1-2-5-10(9)20-12/h1-7,12H,8H2,(H,15,17)(H,16,18). The monoisotopic (exact) mass is 272 g/mol. The summed E-state index contributed by atoms with van der Waals surface area (Å²) in [6.45, 7) is 0.0691. The number of para-hydroxylation sites is 2. The smallest absolute Gasteiger partial charge is 0.287 e. The summed E-state index contributed by atoms with van der Waals surface area (Å²) in [6, 6.07) is 10.3. The van der Waals surface area contributed by atoms with Crippen LogP contribution in [0.15, 0.2) is 47.1 Å². The first-order valence-electron chi connectivity index (χ1n) is 6.12. The molecule has 3 rings (SSSR count). The number of benzene rings is 1. The number of furan rings is 1. The average molecular weight is 272 g/mol. The van der Waals surface area contributed by atoms with Crippen LogP contribution in [0.3, 0.4) is 0 Å². The lowest BCUT2D eigenvalue weighted by molar-refractivity contribution is -0.123. The Kier molecular flexibility index (Phi) is 3.12. The highest BCUT2D eigenvalue weighted by Crippen LogP contribution is 2.28. The maximum absolute atomic E-state index is 11.8. The normalized spacial score (nSPS) is 16.8. The van der Waals surface area contributed by atoms with Gasteiger partial charge in [-0.1, -0.05) is 12.1 Å². The molecule has 0 aliphatic carbocycles. The van der Waals surface area contributed by atoms with Gasteiger partial charge in [0.25, 0.3) is 11.8 Å². The highest BCUT2D eigenvalue weighted by Gasteiger charge is 2.27. The third-order valence-corrected chi connectivity index (χ3v) is 2.90. The summed E-state index contributed by atoms with van der Waals surface area (Å²) in [4.78, 5) is 23.6. The van der Waals surface area contributed by atoms with Gasteiger partial charge in [0.05, 0.1) is 18.5 Å². The second kappa shape index (κ2) is 5.08. The van der Waals surface area contributed by atoms with Gasteiger partial charge in [0.1, 0.15) is 5.75 Å². The van der Waals surface area contributed by atoms with E-state index in [0.29, 0.717) is 11.4 Å². The molecule has 2 N–H and O–H groups in total. The van der Waals surface area contributed by atoms with E-state index in [2.05, 4.69) is 10.6 Å². The fraction of sp³-hybridized carbons (Fsp3) is 0.143. The molecule has 0 radical (unpaired) electrons. The lowest BCUT2D eigenvalue weighted by Gasteiger charge is -2.25. The first-order valence-corrected chi connectivity index (χ1v) is 6.12. The molecular formula is C14H12N2O4. The molecular weight excluding hydrogens is 260 g/mol. The summed E-state index contributed by atoms with van der Waals surface area (Å²) < 4.78 is 10.5. The summed E-state index contributed by atoms with van der Waals surface area (Å²) in [5, 5.41) is 5.33. The maximum atomic E-state index is 11.8. The number of hydrogen-bond acceptors (Lipinski definition) is 4. The number of carbonyl (C=O) groups is 2. The van der Waals surface area contributed by atoms with Gasteiger partial charge in [0.2, 0.25) is 0 Å². The highest BCUT2D eigenvalue weighted by atomic mass is 16.5. The van der Waals surface area contributed by atoms with Gasteiger partial charge < -0.3 is 19.8 Å². The van der Waals surface area contributed by atoms with Gasteiger partial charge in [0, 0.05) is 0 Å². The minimum absolute atomic E-state index is 0.0691. The third-order valence-electron chi connectivity index (χ3n) is 2.90. The van der Waals surface area contributed by atoms with Crippen LogP contribution >= 0.6 is 0 Å². The van der Waals surface area contributed by atoms with Gasteiger partial charge in [-0.25, -0.2) is 0 Å². The molecule has 2 amide bonds. The van der Waals surface area contributed by atoms with E-state index >= 15 is 0 Å². The quantitative estimate of drug-likeness (QED) is 0.885. The number of amides is 2. The number of nitrogens with one attached hydrogen (secondary N) is 2. The number of fused-ring (bicyclic) bond motifs is 1. The first-order chi connectivity index (χ1) is 9.74. The van der Waals surface area contributed by atoms with E-state index in [1.54, 1.807) is 24.3 Å². The number of rotatable bonds is 3. The molecule has 1 aromatic carbocycles. The zero-order valence-corrected chi connectivity index (χ0v) is 10.5. The molecule has 1 aromatic heterocycles. The Labute approximate surface area is 114 Å². The molecule has 102 valence electrons. The summed E-state index contributed by atoms with van der Waals surface area (Å²) in [7, 11) is 0. The number of hydrogen-bond donors (Lipinski definition) is 2. The molecule has 0 bridgehead atoms. The van der Waals surface area contributed by atoms with Crippen molar-refractivity contribution in [2.24, 2.45) is 0 Å². The molecule has 2 aromatic rings. The van der Waals surface area contributed by atoms with E-state index in [1.165, 1.54) is 6.26 Å². The Morgan fingerprint density at radius 2 is 2.10 bits per heavy atom. The molecule has 6 heteroatoms. The van der Waals surface area contributed by atoms with Crippen LogP contribution in [0, 0.1) is 0 Å². The number of ether oxygens (including phenoxy) is 1. The molecule has 1 unspecified atom stereocenters. The summed E-state index contributed by atoms with van der Waals surface area (Å²) in [5.74, 6) is 0.111. The van der Waals surface area contributed by atoms with Gasteiger partial charge >= 0.3 is 0 Å². The first kappa shape index (κ1) is 12.3. The van der Waals surface area contributed by atoms with Crippen molar-refractivity contribution in [1.29, 1.82) is 0 Å². The van der Waals surface area contributed by atoms with Crippen LogP contribution < -0.4 is 15.4 Å². The lowest BCUT2D eigenvalue weighted by atomic mass is 10.2. The van der Waals surface area contributed by atoms with Crippen molar-refractivity contribution < 1.29 is 18.7 Å². The fourth-order valence-electron chi connectivity index (χ4n) is 1.91. The molecule has 2 heterocycles. The van der Waals surface area contributed by atoms with Crippen LogP contribution in [0.1, 0.15) is 10.6 Å². The fourth-order valence-corrected chi connectivity index (χ4v) is 1.91. The van der Waals surface area contributed by atoms with Gasteiger partial charge in [-0.3, -0.25) is 9.59 Å². The molecule has 6 nitrogen and oxygen atoms in total. The van der Waals surface area contributed by atoms with Crippen LogP contribution in [-0.4, -0.2) is 24.5 Å². The molecule has 0 spiro atoms. The van der Waals surface area contributed by atoms with Crippen LogP contribution in [0.25, 0.3) is 0 Å². The van der Waals surface area contributed by atoms with Gasteiger partial charge in [-0.05, 0) is 24.3 Å². The molecule has 0 saturated heterocycles. The van der Waals surface area contributed by atoms with Crippen LogP contribution in [0.2, 0.25) is 0 Å². The Bertz CT molecular complexity index is 636. The van der Waals surface area contributed by atoms with E-state index in [9.17, 15) is 9.59 Å². The summed E-state index contributed by atoms with van der Waals surface area (Å²) >= 11 is 0. The van der Waals surface area contributed by atoms with E-state index in [-0.39, 0.29) is 24.1 Å². The largest absolute Gasteiger partial charge is 0.477 e. The second-order valence-corrected chi connectivity index (χ2v) is 4.28. The van der Waals surface area contributed by atoms with Gasteiger partial charge in [0.15, 0.2) is 11.9 Å². The lowest BCUT2D eigenvalue weighted by Crippen LogP contribution is -2.45. The maximum Gasteiger partial charge on any atom is 0.287 e. The highest BCUT2D eigenvalue weighted by molar-refractivity contribution is 5.98. The third kappa shape index (κ3) is 2.35. The minimum atomic E-state index is -0.760. The van der Waals surface area contributed by atoms with Crippen molar-refractivity contribution in [1.82, 2.24) is 5.32 Å². The van der Waals surface area contributed by atoms with Crippen molar-refractivity contribution >= 4 is 17.5 Å². The Hall–Kier alpha value is -2.76. The molecule has 1 atom stereocenters. The molecule has 0 fully saturated rings. The zero-order valence-electron chi connectivity index (χ0n) is 10.5. The Morgan fingerprint density at radius 3 is 2.90 bits per heavy atom. The van der Waals surface area contributed by atoms with Crippen molar-refractivity contribution in [2.45, 2.75) is 6.10 Å². The van der Waals surface area contributed by atoms with Gasteiger partial charge in [-0.15, -0.1) is 0 Å². The van der Waals surface area contributed by atoms with Crippen LogP contribution in [0.4, 0.5) is 5.69 Å². The predicted octanol–water partition coefficient (Wildman–Crippen LogP) is 1.41. The van der Waals surface area contributed by atoms with E-state index < -0.39 is 6.10 Å². The Balaban J connectivity index is 1.64. The molecule has 20 heavy (non-hydrogen) atoms. The van der Waals surface area contributed by atoms with Crippen LogP contribution in [0.5, 0.6) is 5.75 Å². The topological polar surface area (TPSA) is 80.6 Å².